The van der Waals surface area contributed by atoms with Gasteiger partial charge in [-0.1, -0.05) is 59.7 Å². The minimum absolute atomic E-state index is 0.765. The summed E-state index contributed by atoms with van der Waals surface area (Å²) in [6.07, 6.45) is 3.08. The lowest BCUT2D eigenvalue weighted by Gasteiger charge is -2.37. The zero-order valence-electron chi connectivity index (χ0n) is 15.3. The molecule has 0 heterocycles. The number of hydrogen-bond donors (Lipinski definition) is 0. The van der Waals surface area contributed by atoms with Gasteiger partial charge >= 0.3 is 8.80 Å². The lowest BCUT2D eigenvalue weighted by atomic mass is 10.5. The third-order valence-electron chi connectivity index (χ3n) is 4.42. The summed E-state index contributed by atoms with van der Waals surface area (Å²) in [6, 6.07) is 3.90. The summed E-state index contributed by atoms with van der Waals surface area (Å²) in [7, 11) is -3.81. The third kappa shape index (κ3) is 7.41. The fourth-order valence-corrected chi connectivity index (χ4v) is 13.8. The van der Waals surface area contributed by atoms with Crippen molar-refractivity contribution < 1.29 is 13.3 Å². The van der Waals surface area contributed by atoms with E-state index in [0.29, 0.717) is 0 Å². The number of rotatable bonds is 14. The van der Waals surface area contributed by atoms with Crippen LogP contribution in [0.4, 0.5) is 0 Å². The Kier molecular flexibility index (Phi) is 12.0. The van der Waals surface area contributed by atoms with Crippen LogP contribution in [0.25, 0.3) is 0 Å². The minimum Gasteiger partial charge on any atom is -0.374 e. The van der Waals surface area contributed by atoms with Gasteiger partial charge in [-0.2, -0.15) is 0 Å². The van der Waals surface area contributed by atoms with E-state index >= 15 is 0 Å². The summed E-state index contributed by atoms with van der Waals surface area (Å²) in [4.78, 5) is 0. The van der Waals surface area contributed by atoms with E-state index in [1.807, 2.05) is 0 Å². The lowest BCUT2D eigenvalue weighted by molar-refractivity contribution is 0.0630. The SMILES string of the molecule is CCCO[Si](C[Si](CC)(CC)CC)(OCCC)OCCC. The Morgan fingerprint density at radius 3 is 1.14 bits per heavy atom. The first kappa shape index (κ1) is 21.3. The van der Waals surface area contributed by atoms with Gasteiger partial charge in [0, 0.05) is 25.5 Å². The second kappa shape index (κ2) is 11.8. The van der Waals surface area contributed by atoms with Crippen LogP contribution in [-0.4, -0.2) is 36.7 Å². The van der Waals surface area contributed by atoms with E-state index in [9.17, 15) is 0 Å². The molecular weight excluding hydrogens is 296 g/mol. The maximum atomic E-state index is 6.27. The van der Waals surface area contributed by atoms with Gasteiger partial charge in [0.2, 0.25) is 0 Å². The van der Waals surface area contributed by atoms with Crippen LogP contribution in [0.2, 0.25) is 23.8 Å². The summed E-state index contributed by atoms with van der Waals surface area (Å²) in [5.41, 5.74) is 1.10. The van der Waals surface area contributed by atoms with Crippen LogP contribution in [0.1, 0.15) is 60.8 Å². The Bertz CT molecular complexity index is 216. The highest BCUT2D eigenvalue weighted by atomic mass is 28.4. The topological polar surface area (TPSA) is 27.7 Å². The second-order valence-corrected chi connectivity index (χ2v) is 14.7. The van der Waals surface area contributed by atoms with Crippen molar-refractivity contribution in [3.63, 3.8) is 0 Å². The van der Waals surface area contributed by atoms with Crippen LogP contribution in [0, 0.1) is 0 Å². The van der Waals surface area contributed by atoms with E-state index in [1.165, 1.54) is 18.1 Å². The molecule has 0 unspecified atom stereocenters. The maximum absolute atomic E-state index is 6.27. The van der Waals surface area contributed by atoms with Crippen molar-refractivity contribution in [2.24, 2.45) is 0 Å². The molecule has 0 N–H and O–H groups in total. The summed E-state index contributed by atoms with van der Waals surface area (Å²) < 4.78 is 18.8. The van der Waals surface area contributed by atoms with Gasteiger partial charge in [0.1, 0.15) is 0 Å². The molecule has 3 nitrogen and oxygen atoms in total. The normalized spacial score (nSPS) is 12.9. The average molecular weight is 335 g/mol. The first-order valence-electron chi connectivity index (χ1n) is 8.99. The summed E-state index contributed by atoms with van der Waals surface area (Å²) in [5.74, 6) is 0. The zero-order chi connectivity index (χ0) is 16.2. The molecule has 0 fully saturated rings. The van der Waals surface area contributed by atoms with Crippen molar-refractivity contribution in [1.29, 1.82) is 0 Å². The molecule has 0 rings (SSSR count). The van der Waals surface area contributed by atoms with Crippen molar-refractivity contribution in [3.05, 3.63) is 0 Å². The van der Waals surface area contributed by atoms with Crippen LogP contribution < -0.4 is 0 Å². The van der Waals surface area contributed by atoms with Gasteiger partial charge in [-0.3, -0.25) is 0 Å². The number of hydrogen-bond acceptors (Lipinski definition) is 3. The maximum Gasteiger partial charge on any atom is 0.498 e. The molecule has 0 spiro atoms. The molecule has 128 valence electrons. The molecule has 0 bridgehead atoms. The fraction of sp³-hybridized carbons (Fsp3) is 1.00. The van der Waals surface area contributed by atoms with Crippen LogP contribution in [0.3, 0.4) is 0 Å². The van der Waals surface area contributed by atoms with Gasteiger partial charge < -0.3 is 13.3 Å². The van der Waals surface area contributed by atoms with Crippen molar-refractivity contribution in [2.75, 3.05) is 19.8 Å². The van der Waals surface area contributed by atoms with Crippen LogP contribution in [0.15, 0.2) is 0 Å². The lowest BCUT2D eigenvalue weighted by Crippen LogP contribution is -2.54. The largest absolute Gasteiger partial charge is 0.498 e. The first-order valence-corrected chi connectivity index (χ1v) is 13.7. The minimum atomic E-state index is -2.50. The monoisotopic (exact) mass is 334 g/mol. The average Bonchev–Trinajstić information content (AvgIpc) is 2.54. The Labute approximate surface area is 135 Å². The van der Waals surface area contributed by atoms with E-state index in [-0.39, 0.29) is 0 Å². The van der Waals surface area contributed by atoms with Gasteiger partial charge in [-0.05, 0) is 19.3 Å². The van der Waals surface area contributed by atoms with Crippen LogP contribution in [0.5, 0.6) is 0 Å². The molecule has 0 aromatic carbocycles. The predicted octanol–water partition coefficient (Wildman–Crippen LogP) is 5.25. The molecular formula is C16H38O3Si2. The van der Waals surface area contributed by atoms with E-state index in [4.69, 9.17) is 13.3 Å². The van der Waals surface area contributed by atoms with Gasteiger partial charge in [0.15, 0.2) is 0 Å². The molecule has 0 saturated heterocycles. The molecule has 0 amide bonds. The van der Waals surface area contributed by atoms with Crippen molar-refractivity contribution in [2.45, 2.75) is 84.6 Å². The molecule has 0 aliphatic heterocycles. The second-order valence-electron chi connectivity index (χ2n) is 5.97. The summed E-state index contributed by atoms with van der Waals surface area (Å²) in [5, 5.41) is 0. The van der Waals surface area contributed by atoms with Crippen LogP contribution in [-0.2, 0) is 13.3 Å². The third-order valence-corrected chi connectivity index (χ3v) is 15.6. The molecule has 0 aromatic rings. The van der Waals surface area contributed by atoms with Gasteiger partial charge in [0.25, 0.3) is 0 Å². The summed E-state index contributed by atoms with van der Waals surface area (Å²) in [6.45, 7) is 15.8. The van der Waals surface area contributed by atoms with Crippen molar-refractivity contribution >= 4 is 16.9 Å². The zero-order valence-corrected chi connectivity index (χ0v) is 17.3. The van der Waals surface area contributed by atoms with Gasteiger partial charge in [-0.25, -0.2) is 0 Å². The highest BCUT2D eigenvalue weighted by Crippen LogP contribution is 2.32. The molecule has 0 atom stereocenters. The van der Waals surface area contributed by atoms with Gasteiger partial charge in [0.05, 0.1) is 8.07 Å². The standard InChI is InChI=1S/C16H38O3Si2/c1-7-13-17-21(18-14-8-2,19-15-9-3)16-20(10-4,11-5)12-6/h7-16H2,1-6H3. The highest BCUT2D eigenvalue weighted by molar-refractivity contribution is 6.90. The predicted molar refractivity (Wildman–Crippen MR) is 96.5 cm³/mol. The van der Waals surface area contributed by atoms with Gasteiger partial charge in [-0.15, -0.1) is 0 Å². The molecule has 0 aliphatic rings. The molecule has 0 radical (unpaired) electrons. The summed E-state index contributed by atoms with van der Waals surface area (Å²) >= 11 is 0. The first-order chi connectivity index (χ1) is 10.1. The fourth-order valence-electron chi connectivity index (χ4n) is 2.64. The Hall–Kier alpha value is 0.314. The van der Waals surface area contributed by atoms with Crippen molar-refractivity contribution in [3.8, 4) is 0 Å². The molecule has 0 aliphatic carbocycles. The highest BCUT2D eigenvalue weighted by Gasteiger charge is 2.48. The smallest absolute Gasteiger partial charge is 0.374 e. The van der Waals surface area contributed by atoms with Crippen molar-refractivity contribution in [1.82, 2.24) is 0 Å². The van der Waals surface area contributed by atoms with E-state index < -0.39 is 16.9 Å². The quantitative estimate of drug-likeness (QED) is 0.406. The molecule has 0 saturated carbocycles. The Morgan fingerprint density at radius 2 is 0.905 bits per heavy atom. The van der Waals surface area contributed by atoms with E-state index in [2.05, 4.69) is 41.5 Å². The Morgan fingerprint density at radius 1 is 0.571 bits per heavy atom. The van der Waals surface area contributed by atoms with E-state index in [1.54, 1.807) is 0 Å². The van der Waals surface area contributed by atoms with E-state index in [0.717, 1.165) is 44.8 Å². The molecule has 5 heteroatoms. The Balaban J connectivity index is 5.17. The molecule has 21 heavy (non-hydrogen) atoms. The van der Waals surface area contributed by atoms with Crippen LogP contribution >= 0.6 is 0 Å². The molecule has 0 aromatic heterocycles.